The molecule has 8 nitrogen and oxygen atoms in total. The fourth-order valence-electron chi connectivity index (χ4n) is 3.44. The monoisotopic (exact) mass is 491 g/mol. The Morgan fingerprint density at radius 3 is 2.43 bits per heavy atom. The van der Waals surface area contributed by atoms with Crippen molar-refractivity contribution in [3.8, 4) is 5.75 Å². The SMILES string of the molecule is O=C(Cc1ccccc1O)NCC1OCCc2cn(Cc3ccccc3)nc21.O=C(O)C(F)(F)F. The number of nitrogens with one attached hydrogen (secondary N) is 1. The number of fused-ring (bicyclic) bond motifs is 1. The van der Waals surface area contributed by atoms with Crippen molar-refractivity contribution >= 4 is 11.9 Å². The minimum Gasteiger partial charge on any atom is -0.508 e. The van der Waals surface area contributed by atoms with Crippen LogP contribution >= 0.6 is 0 Å². The van der Waals surface area contributed by atoms with Crippen molar-refractivity contribution in [3.63, 3.8) is 0 Å². The van der Waals surface area contributed by atoms with E-state index in [1.165, 1.54) is 11.1 Å². The van der Waals surface area contributed by atoms with E-state index in [1.807, 2.05) is 22.9 Å². The standard InChI is InChI=1S/C22H23N3O3.C2HF3O2/c26-19-9-5-4-8-17(19)12-21(27)23-13-20-22-18(10-11-28-20)15-25(24-22)14-16-6-2-1-3-7-16;3-2(4,5)1(6)7/h1-9,15,20,26H,10-14H2,(H,23,27);(H,6,7). The van der Waals surface area contributed by atoms with Gasteiger partial charge in [-0.2, -0.15) is 18.3 Å². The van der Waals surface area contributed by atoms with E-state index >= 15 is 0 Å². The lowest BCUT2D eigenvalue weighted by Gasteiger charge is -2.22. The van der Waals surface area contributed by atoms with Gasteiger partial charge >= 0.3 is 12.1 Å². The molecule has 0 spiro atoms. The molecular weight excluding hydrogens is 467 g/mol. The molecule has 1 unspecified atom stereocenters. The van der Waals surface area contributed by atoms with Crippen molar-refractivity contribution in [2.45, 2.75) is 31.7 Å². The number of hydrogen-bond donors (Lipinski definition) is 3. The van der Waals surface area contributed by atoms with Gasteiger partial charge in [-0.1, -0.05) is 48.5 Å². The number of benzene rings is 2. The summed E-state index contributed by atoms with van der Waals surface area (Å²) in [7, 11) is 0. The number of aliphatic carboxylic acids is 1. The normalized spacial score (nSPS) is 14.9. The van der Waals surface area contributed by atoms with Crippen LogP contribution in [0.1, 0.15) is 28.5 Å². The van der Waals surface area contributed by atoms with E-state index in [0.29, 0.717) is 25.3 Å². The molecule has 3 aromatic rings. The fraction of sp³-hybridized carbons (Fsp3) is 0.292. The lowest BCUT2D eigenvalue weighted by atomic mass is 10.1. The zero-order chi connectivity index (χ0) is 25.4. The van der Waals surface area contributed by atoms with Crippen molar-refractivity contribution in [3.05, 3.63) is 83.2 Å². The van der Waals surface area contributed by atoms with Crippen LogP contribution in [0.2, 0.25) is 0 Å². The van der Waals surface area contributed by atoms with Gasteiger partial charge < -0.3 is 20.3 Å². The third kappa shape index (κ3) is 7.57. The van der Waals surface area contributed by atoms with Crippen LogP contribution in [0.4, 0.5) is 13.2 Å². The zero-order valence-electron chi connectivity index (χ0n) is 18.5. The van der Waals surface area contributed by atoms with Gasteiger partial charge in [0, 0.05) is 18.3 Å². The van der Waals surface area contributed by atoms with Gasteiger partial charge in [-0.3, -0.25) is 9.48 Å². The molecule has 1 aliphatic heterocycles. The maximum atomic E-state index is 12.3. The molecule has 2 aromatic carbocycles. The summed E-state index contributed by atoms with van der Waals surface area (Å²) in [5.74, 6) is -2.78. The highest BCUT2D eigenvalue weighted by molar-refractivity contribution is 5.79. The predicted molar refractivity (Wildman–Crippen MR) is 119 cm³/mol. The van der Waals surface area contributed by atoms with Crippen molar-refractivity contribution in [1.82, 2.24) is 15.1 Å². The Morgan fingerprint density at radius 1 is 1.11 bits per heavy atom. The smallest absolute Gasteiger partial charge is 0.490 e. The van der Waals surface area contributed by atoms with Gasteiger partial charge in [0.2, 0.25) is 5.91 Å². The molecule has 0 radical (unpaired) electrons. The second-order valence-electron chi connectivity index (χ2n) is 7.74. The van der Waals surface area contributed by atoms with E-state index < -0.39 is 12.1 Å². The molecule has 186 valence electrons. The first-order valence-corrected chi connectivity index (χ1v) is 10.7. The van der Waals surface area contributed by atoms with Gasteiger partial charge in [0.05, 0.1) is 25.3 Å². The number of carboxylic acids is 1. The number of ether oxygens (including phenoxy) is 1. The number of amides is 1. The number of alkyl halides is 3. The fourth-order valence-corrected chi connectivity index (χ4v) is 3.44. The molecule has 1 atom stereocenters. The zero-order valence-corrected chi connectivity index (χ0v) is 18.5. The van der Waals surface area contributed by atoms with Crippen LogP contribution in [0, 0.1) is 0 Å². The second kappa shape index (κ2) is 11.5. The summed E-state index contributed by atoms with van der Waals surface area (Å²) in [4.78, 5) is 21.2. The predicted octanol–water partition coefficient (Wildman–Crippen LogP) is 3.24. The Kier molecular flexibility index (Phi) is 8.48. The van der Waals surface area contributed by atoms with Crippen molar-refractivity contribution < 1.29 is 37.7 Å². The second-order valence-corrected chi connectivity index (χ2v) is 7.74. The van der Waals surface area contributed by atoms with Crippen LogP contribution < -0.4 is 5.32 Å². The summed E-state index contributed by atoms with van der Waals surface area (Å²) in [5.41, 5.74) is 3.86. The van der Waals surface area contributed by atoms with Crippen LogP contribution in [0.25, 0.3) is 0 Å². The van der Waals surface area contributed by atoms with E-state index in [2.05, 4.69) is 23.6 Å². The van der Waals surface area contributed by atoms with Crippen LogP contribution in [-0.4, -0.2) is 51.2 Å². The first-order chi connectivity index (χ1) is 16.6. The third-order valence-corrected chi connectivity index (χ3v) is 5.12. The van der Waals surface area contributed by atoms with Crippen LogP contribution in [0.15, 0.2) is 60.8 Å². The highest BCUT2D eigenvalue weighted by atomic mass is 19.4. The number of aromatic hydroxyl groups is 1. The van der Waals surface area contributed by atoms with E-state index in [0.717, 1.165) is 12.1 Å². The number of phenolic OH excluding ortho intramolecular Hbond substituents is 1. The van der Waals surface area contributed by atoms with E-state index in [1.54, 1.807) is 24.3 Å². The van der Waals surface area contributed by atoms with Crippen LogP contribution in [-0.2, 0) is 33.7 Å². The third-order valence-electron chi connectivity index (χ3n) is 5.12. The van der Waals surface area contributed by atoms with Crippen LogP contribution in [0.5, 0.6) is 5.75 Å². The minimum atomic E-state index is -5.08. The number of rotatable bonds is 6. The molecular formula is C24H24F3N3O5. The first-order valence-electron chi connectivity index (χ1n) is 10.7. The summed E-state index contributed by atoms with van der Waals surface area (Å²) in [6.07, 6.45) is -2.31. The van der Waals surface area contributed by atoms with Gasteiger partial charge in [-0.15, -0.1) is 0 Å². The van der Waals surface area contributed by atoms with E-state index in [-0.39, 0.29) is 24.2 Å². The number of aromatic nitrogens is 2. The molecule has 0 saturated heterocycles. The Bertz CT molecular complexity index is 1150. The van der Waals surface area contributed by atoms with E-state index in [4.69, 9.17) is 19.7 Å². The van der Waals surface area contributed by atoms with Crippen molar-refractivity contribution in [2.24, 2.45) is 0 Å². The maximum absolute atomic E-state index is 12.3. The number of nitrogens with zero attached hydrogens (tertiary/aromatic N) is 2. The summed E-state index contributed by atoms with van der Waals surface area (Å²) in [5, 5.41) is 24.5. The summed E-state index contributed by atoms with van der Waals surface area (Å²) in [6.45, 7) is 1.69. The molecule has 0 bridgehead atoms. The highest BCUT2D eigenvalue weighted by Crippen LogP contribution is 2.25. The number of halogens is 3. The number of carbonyl (C=O) groups excluding carboxylic acids is 1. The molecule has 0 saturated carbocycles. The van der Waals surface area contributed by atoms with Gasteiger partial charge in [-0.25, -0.2) is 4.79 Å². The number of carboxylic acid groups (broad SMARTS) is 1. The summed E-state index contributed by atoms with van der Waals surface area (Å²) >= 11 is 0. The molecule has 4 rings (SSSR count). The molecule has 11 heteroatoms. The quantitative estimate of drug-likeness (QED) is 0.488. The average Bonchev–Trinajstić information content (AvgIpc) is 3.22. The maximum Gasteiger partial charge on any atom is 0.490 e. The molecule has 0 aliphatic carbocycles. The average molecular weight is 491 g/mol. The molecule has 0 fully saturated rings. The topological polar surface area (TPSA) is 114 Å². The molecule has 35 heavy (non-hydrogen) atoms. The molecule has 1 aliphatic rings. The Morgan fingerprint density at radius 2 is 1.77 bits per heavy atom. The van der Waals surface area contributed by atoms with Crippen molar-refractivity contribution in [1.29, 1.82) is 0 Å². The van der Waals surface area contributed by atoms with Gasteiger partial charge in [0.25, 0.3) is 0 Å². The van der Waals surface area contributed by atoms with Crippen LogP contribution in [0.3, 0.4) is 0 Å². The first kappa shape index (κ1) is 25.8. The lowest BCUT2D eigenvalue weighted by Crippen LogP contribution is -2.32. The Labute approximate surface area is 199 Å². The Hall–Kier alpha value is -3.86. The largest absolute Gasteiger partial charge is 0.508 e. The molecule has 3 N–H and O–H groups in total. The molecule has 2 heterocycles. The van der Waals surface area contributed by atoms with Gasteiger partial charge in [0.15, 0.2) is 0 Å². The minimum absolute atomic E-state index is 0.133. The number of carbonyl (C=O) groups is 2. The number of phenols is 1. The van der Waals surface area contributed by atoms with Gasteiger partial charge in [0.1, 0.15) is 11.9 Å². The van der Waals surface area contributed by atoms with E-state index in [9.17, 15) is 23.1 Å². The number of hydrogen-bond acceptors (Lipinski definition) is 5. The van der Waals surface area contributed by atoms with Gasteiger partial charge in [-0.05, 0) is 23.6 Å². The molecule has 1 amide bonds. The number of para-hydroxylation sites is 1. The summed E-state index contributed by atoms with van der Waals surface area (Å²) in [6, 6.07) is 17.1. The highest BCUT2D eigenvalue weighted by Gasteiger charge is 2.38. The lowest BCUT2D eigenvalue weighted by molar-refractivity contribution is -0.192. The van der Waals surface area contributed by atoms with Crippen molar-refractivity contribution in [2.75, 3.05) is 13.2 Å². The summed E-state index contributed by atoms with van der Waals surface area (Å²) < 4.78 is 39.5. The Balaban J connectivity index is 0.000000429. The molecule has 1 aromatic heterocycles.